The van der Waals surface area contributed by atoms with Crippen LogP contribution < -0.4 is 10.2 Å². The second-order valence-electron chi connectivity index (χ2n) is 4.61. The summed E-state index contributed by atoms with van der Waals surface area (Å²) >= 11 is 0. The summed E-state index contributed by atoms with van der Waals surface area (Å²) in [6.07, 6.45) is 2.02. The van der Waals surface area contributed by atoms with Gasteiger partial charge < -0.3 is 10.2 Å². The van der Waals surface area contributed by atoms with E-state index in [1.165, 1.54) is 5.56 Å². The minimum Gasteiger partial charge on any atom is -0.311 e. The van der Waals surface area contributed by atoms with Gasteiger partial charge in [0.25, 0.3) is 0 Å². The molecular weight excluding hydrogens is 212 g/mol. The Balaban J connectivity index is 1.98. The number of para-hydroxylation sites is 1. The van der Waals surface area contributed by atoms with Gasteiger partial charge in [-0.05, 0) is 31.4 Å². The number of fused-ring (bicyclic) bond motifs is 1. The standard InChI is InChI=1S/C14H20N2O/c1-3-11(2)15-10-14(17)16-9-8-12-6-4-5-7-13(12)16/h4-7,11,15H,3,8-10H2,1-2H3. The van der Waals surface area contributed by atoms with Crippen LogP contribution in [-0.2, 0) is 11.2 Å². The number of nitrogens with zero attached hydrogens (tertiary/aromatic N) is 1. The molecule has 0 radical (unpaired) electrons. The molecule has 0 aromatic heterocycles. The monoisotopic (exact) mass is 232 g/mol. The second kappa shape index (κ2) is 5.32. The largest absolute Gasteiger partial charge is 0.311 e. The number of hydrogen-bond donors (Lipinski definition) is 1. The predicted octanol–water partition coefficient (Wildman–Crippen LogP) is 1.96. The highest BCUT2D eigenvalue weighted by molar-refractivity contribution is 5.96. The van der Waals surface area contributed by atoms with Crippen molar-refractivity contribution in [3.05, 3.63) is 29.8 Å². The van der Waals surface area contributed by atoms with Crippen LogP contribution in [0.2, 0.25) is 0 Å². The first-order chi connectivity index (χ1) is 8.22. The zero-order valence-corrected chi connectivity index (χ0v) is 10.6. The molecule has 1 amide bonds. The van der Waals surface area contributed by atoms with Crippen molar-refractivity contribution in [2.45, 2.75) is 32.7 Å². The molecule has 1 N–H and O–H groups in total. The molecule has 0 saturated heterocycles. The van der Waals surface area contributed by atoms with Crippen LogP contribution in [-0.4, -0.2) is 25.0 Å². The van der Waals surface area contributed by atoms with Gasteiger partial charge in [-0.1, -0.05) is 25.1 Å². The molecule has 1 aromatic carbocycles. The molecule has 0 fully saturated rings. The molecule has 1 unspecified atom stereocenters. The van der Waals surface area contributed by atoms with Gasteiger partial charge in [0.05, 0.1) is 6.54 Å². The summed E-state index contributed by atoms with van der Waals surface area (Å²) in [5, 5.41) is 3.25. The summed E-state index contributed by atoms with van der Waals surface area (Å²) in [6.45, 7) is 5.47. The van der Waals surface area contributed by atoms with Gasteiger partial charge in [-0.25, -0.2) is 0 Å². The number of amides is 1. The van der Waals surface area contributed by atoms with Crippen LogP contribution in [0.5, 0.6) is 0 Å². The lowest BCUT2D eigenvalue weighted by Gasteiger charge is -2.19. The van der Waals surface area contributed by atoms with Crippen LogP contribution in [0.4, 0.5) is 5.69 Å². The molecule has 92 valence electrons. The van der Waals surface area contributed by atoms with E-state index >= 15 is 0 Å². The molecule has 1 aliphatic rings. The fraction of sp³-hybridized carbons (Fsp3) is 0.500. The first-order valence-corrected chi connectivity index (χ1v) is 6.34. The molecule has 1 atom stereocenters. The van der Waals surface area contributed by atoms with Gasteiger partial charge in [-0.2, -0.15) is 0 Å². The fourth-order valence-corrected chi connectivity index (χ4v) is 2.10. The average molecular weight is 232 g/mol. The molecule has 3 nitrogen and oxygen atoms in total. The van der Waals surface area contributed by atoms with Gasteiger partial charge in [-0.15, -0.1) is 0 Å². The third-order valence-corrected chi connectivity index (χ3v) is 3.40. The van der Waals surface area contributed by atoms with E-state index in [0.717, 1.165) is 25.1 Å². The summed E-state index contributed by atoms with van der Waals surface area (Å²) in [5.41, 5.74) is 2.37. The third kappa shape index (κ3) is 2.67. The molecular formula is C14H20N2O. The minimum atomic E-state index is 0.176. The molecule has 3 heteroatoms. The Morgan fingerprint density at radius 1 is 1.47 bits per heavy atom. The van der Waals surface area contributed by atoms with E-state index in [1.807, 2.05) is 23.1 Å². The van der Waals surface area contributed by atoms with Gasteiger partial charge in [0.2, 0.25) is 5.91 Å². The Labute approximate surface area is 103 Å². The second-order valence-corrected chi connectivity index (χ2v) is 4.61. The van der Waals surface area contributed by atoms with Crippen LogP contribution in [0.15, 0.2) is 24.3 Å². The molecule has 1 aromatic rings. The molecule has 0 aliphatic carbocycles. The number of carbonyl (C=O) groups excluding carboxylic acids is 1. The van der Waals surface area contributed by atoms with Gasteiger partial charge in [0.1, 0.15) is 0 Å². The Bertz CT molecular complexity index is 403. The first-order valence-electron chi connectivity index (χ1n) is 6.34. The Morgan fingerprint density at radius 2 is 2.24 bits per heavy atom. The van der Waals surface area contributed by atoms with E-state index in [9.17, 15) is 4.79 Å². The first kappa shape index (κ1) is 12.1. The normalized spacial score (nSPS) is 15.8. The lowest BCUT2D eigenvalue weighted by molar-refractivity contribution is -0.117. The number of rotatable bonds is 4. The topological polar surface area (TPSA) is 32.3 Å². The van der Waals surface area contributed by atoms with Gasteiger partial charge in [-0.3, -0.25) is 4.79 Å². The molecule has 0 bridgehead atoms. The number of nitrogens with one attached hydrogen (secondary N) is 1. The Hall–Kier alpha value is -1.35. The van der Waals surface area contributed by atoms with Crippen LogP contribution in [0.3, 0.4) is 0 Å². The lowest BCUT2D eigenvalue weighted by atomic mass is 10.2. The van der Waals surface area contributed by atoms with E-state index in [-0.39, 0.29) is 5.91 Å². The molecule has 1 aliphatic heterocycles. The van der Waals surface area contributed by atoms with Crippen molar-refractivity contribution < 1.29 is 4.79 Å². The summed E-state index contributed by atoms with van der Waals surface area (Å²) in [6, 6.07) is 8.56. The average Bonchev–Trinajstić information content (AvgIpc) is 2.79. The number of hydrogen-bond acceptors (Lipinski definition) is 2. The smallest absolute Gasteiger partial charge is 0.240 e. The zero-order valence-electron chi connectivity index (χ0n) is 10.6. The summed E-state index contributed by atoms with van der Waals surface area (Å²) in [4.78, 5) is 14.0. The maximum Gasteiger partial charge on any atom is 0.240 e. The number of carbonyl (C=O) groups is 1. The van der Waals surface area contributed by atoms with E-state index in [0.29, 0.717) is 12.6 Å². The van der Waals surface area contributed by atoms with Crippen molar-refractivity contribution in [3.63, 3.8) is 0 Å². The minimum absolute atomic E-state index is 0.176. The summed E-state index contributed by atoms with van der Waals surface area (Å²) in [5.74, 6) is 0.176. The van der Waals surface area contributed by atoms with Gasteiger partial charge in [0, 0.05) is 18.3 Å². The number of benzene rings is 1. The molecule has 17 heavy (non-hydrogen) atoms. The highest BCUT2D eigenvalue weighted by atomic mass is 16.2. The molecule has 0 spiro atoms. The Morgan fingerprint density at radius 3 is 3.00 bits per heavy atom. The number of anilines is 1. The van der Waals surface area contributed by atoms with E-state index in [4.69, 9.17) is 0 Å². The predicted molar refractivity (Wildman–Crippen MR) is 70.3 cm³/mol. The SMILES string of the molecule is CCC(C)NCC(=O)N1CCc2ccccc21. The quantitative estimate of drug-likeness (QED) is 0.860. The maximum atomic E-state index is 12.1. The van der Waals surface area contributed by atoms with Crippen LogP contribution in [0.25, 0.3) is 0 Å². The van der Waals surface area contributed by atoms with Crippen LogP contribution >= 0.6 is 0 Å². The molecule has 2 rings (SSSR count). The molecule has 0 saturated carbocycles. The zero-order chi connectivity index (χ0) is 12.3. The van der Waals surface area contributed by atoms with Crippen molar-refractivity contribution in [2.75, 3.05) is 18.0 Å². The van der Waals surface area contributed by atoms with E-state index in [1.54, 1.807) is 0 Å². The van der Waals surface area contributed by atoms with Crippen molar-refractivity contribution in [2.24, 2.45) is 0 Å². The van der Waals surface area contributed by atoms with Crippen molar-refractivity contribution in [1.29, 1.82) is 0 Å². The summed E-state index contributed by atoms with van der Waals surface area (Å²) in [7, 11) is 0. The summed E-state index contributed by atoms with van der Waals surface area (Å²) < 4.78 is 0. The van der Waals surface area contributed by atoms with Gasteiger partial charge >= 0.3 is 0 Å². The van der Waals surface area contributed by atoms with Gasteiger partial charge in [0.15, 0.2) is 0 Å². The van der Waals surface area contributed by atoms with E-state index in [2.05, 4.69) is 25.2 Å². The molecule has 1 heterocycles. The van der Waals surface area contributed by atoms with Crippen molar-refractivity contribution in [3.8, 4) is 0 Å². The Kier molecular flexibility index (Phi) is 3.79. The lowest BCUT2D eigenvalue weighted by Crippen LogP contribution is -2.40. The maximum absolute atomic E-state index is 12.1. The third-order valence-electron chi connectivity index (χ3n) is 3.40. The highest BCUT2D eigenvalue weighted by Gasteiger charge is 2.23. The van der Waals surface area contributed by atoms with Crippen molar-refractivity contribution >= 4 is 11.6 Å². The van der Waals surface area contributed by atoms with E-state index < -0.39 is 0 Å². The van der Waals surface area contributed by atoms with Crippen LogP contribution in [0, 0.1) is 0 Å². The highest BCUT2D eigenvalue weighted by Crippen LogP contribution is 2.27. The fourth-order valence-electron chi connectivity index (χ4n) is 2.10. The van der Waals surface area contributed by atoms with Crippen molar-refractivity contribution in [1.82, 2.24) is 5.32 Å². The van der Waals surface area contributed by atoms with Crippen LogP contribution in [0.1, 0.15) is 25.8 Å².